The van der Waals surface area contributed by atoms with Gasteiger partial charge < -0.3 is 0 Å². The summed E-state index contributed by atoms with van der Waals surface area (Å²) in [7, 11) is 1.62. The van der Waals surface area contributed by atoms with Gasteiger partial charge in [-0.05, 0) is 60.0 Å². The molecule has 1 amide bonds. The topological polar surface area (TPSA) is 50.5 Å². The summed E-state index contributed by atoms with van der Waals surface area (Å²) in [6, 6.07) is 13.1. The molecule has 170 valence electrons. The van der Waals surface area contributed by atoms with E-state index in [-0.39, 0.29) is 28.1 Å². The number of hydrogen-bond acceptors (Lipinski definition) is 5. The number of imidazole rings is 1. The van der Waals surface area contributed by atoms with Crippen LogP contribution in [0.15, 0.2) is 77.0 Å². The van der Waals surface area contributed by atoms with Crippen molar-refractivity contribution in [3.05, 3.63) is 72.7 Å². The molecule has 0 atom stereocenters. The van der Waals surface area contributed by atoms with Crippen molar-refractivity contribution in [1.29, 1.82) is 0 Å². The molecule has 3 aromatic heterocycles. The lowest BCUT2D eigenvalue weighted by atomic mass is 10.1. The lowest BCUT2D eigenvalue weighted by Gasteiger charge is -2.16. The van der Waals surface area contributed by atoms with Crippen LogP contribution >= 0.6 is 23.5 Å². The second-order valence-corrected chi connectivity index (χ2v) is 9.39. The van der Waals surface area contributed by atoms with E-state index in [1.807, 2.05) is 41.8 Å². The normalized spacial score (nSPS) is 11.7. The summed E-state index contributed by atoms with van der Waals surface area (Å²) in [5.41, 5.74) is -1.48. The number of fused-ring (bicyclic) bond motifs is 1. The molecule has 0 bridgehead atoms. The first-order valence-electron chi connectivity index (χ1n) is 9.96. The van der Waals surface area contributed by atoms with Crippen LogP contribution in [0.5, 0.6) is 0 Å². The van der Waals surface area contributed by atoms with E-state index in [1.165, 1.54) is 29.2 Å². The van der Waals surface area contributed by atoms with E-state index >= 15 is 0 Å². The van der Waals surface area contributed by atoms with Gasteiger partial charge in [-0.15, -0.1) is 11.8 Å². The van der Waals surface area contributed by atoms with Gasteiger partial charge in [-0.3, -0.25) is 19.1 Å². The van der Waals surface area contributed by atoms with Crippen molar-refractivity contribution in [3.63, 3.8) is 0 Å². The summed E-state index contributed by atoms with van der Waals surface area (Å²) in [6.07, 6.45) is 5.45. The lowest BCUT2D eigenvalue weighted by Crippen LogP contribution is -2.27. The Kier molecular flexibility index (Phi) is 6.66. The van der Waals surface area contributed by atoms with Crippen molar-refractivity contribution in [1.82, 2.24) is 14.4 Å². The van der Waals surface area contributed by atoms with Crippen LogP contribution in [0.25, 0.3) is 16.8 Å². The monoisotopic (exact) mass is 488 g/mol. The van der Waals surface area contributed by atoms with Crippen LogP contribution in [0.4, 0.5) is 19.0 Å². The van der Waals surface area contributed by atoms with Gasteiger partial charge in [0.05, 0.1) is 0 Å². The fraction of sp³-hybridized carbons (Fsp3) is 0.174. The van der Waals surface area contributed by atoms with Gasteiger partial charge in [0, 0.05) is 47.2 Å². The standard InChI is InChI=1S/C23H19F3N4OS2/c1-3-32-22-20(28-19-11-8-17(14-30(19)22)16-5-4-12-27-13-16)29(2)21(31)15-6-9-18(10-7-15)33-23(24,25)26/h4-14H,3H2,1-2H3. The zero-order valence-corrected chi connectivity index (χ0v) is 19.3. The lowest BCUT2D eigenvalue weighted by molar-refractivity contribution is -0.0328. The van der Waals surface area contributed by atoms with Crippen molar-refractivity contribution in [3.8, 4) is 11.1 Å². The second-order valence-electron chi connectivity index (χ2n) is 7.00. The predicted molar refractivity (Wildman–Crippen MR) is 126 cm³/mol. The minimum Gasteiger partial charge on any atom is -0.294 e. The number of rotatable bonds is 6. The Bertz CT molecular complexity index is 1270. The number of amides is 1. The molecule has 3 heterocycles. The van der Waals surface area contributed by atoms with Gasteiger partial charge in [0.1, 0.15) is 10.7 Å². The van der Waals surface area contributed by atoms with E-state index in [4.69, 9.17) is 0 Å². The summed E-state index contributed by atoms with van der Waals surface area (Å²) in [4.78, 5) is 23.4. The maximum atomic E-state index is 13.1. The summed E-state index contributed by atoms with van der Waals surface area (Å²) < 4.78 is 39.7. The second kappa shape index (κ2) is 9.48. The molecule has 0 aliphatic heterocycles. The van der Waals surface area contributed by atoms with Gasteiger partial charge >= 0.3 is 5.51 Å². The maximum Gasteiger partial charge on any atom is 0.446 e. The Morgan fingerprint density at radius 1 is 1.09 bits per heavy atom. The first-order chi connectivity index (χ1) is 15.8. The zero-order valence-electron chi connectivity index (χ0n) is 17.7. The van der Waals surface area contributed by atoms with Gasteiger partial charge in [0.15, 0.2) is 5.82 Å². The van der Waals surface area contributed by atoms with Gasteiger partial charge in [-0.1, -0.05) is 13.0 Å². The van der Waals surface area contributed by atoms with E-state index in [9.17, 15) is 18.0 Å². The molecule has 0 radical (unpaired) electrons. The molecule has 33 heavy (non-hydrogen) atoms. The SMILES string of the molecule is CCSc1c(N(C)C(=O)c2ccc(SC(F)(F)F)cc2)nc2ccc(-c3cccnc3)cn12. The van der Waals surface area contributed by atoms with Crippen LogP contribution in [-0.4, -0.2) is 38.6 Å². The highest BCUT2D eigenvalue weighted by Gasteiger charge is 2.29. The van der Waals surface area contributed by atoms with Crippen molar-refractivity contribution >= 4 is 40.9 Å². The molecule has 0 saturated carbocycles. The number of carbonyl (C=O) groups excluding carboxylic acids is 1. The number of pyridine rings is 2. The quantitative estimate of drug-likeness (QED) is 0.294. The van der Waals surface area contributed by atoms with Gasteiger partial charge in [0.2, 0.25) is 0 Å². The largest absolute Gasteiger partial charge is 0.446 e. The molecular formula is C23H19F3N4OS2. The molecule has 0 N–H and O–H groups in total. The number of aromatic nitrogens is 3. The number of alkyl halides is 3. The Labute approximate surface area is 197 Å². The number of hydrogen-bond donors (Lipinski definition) is 0. The highest BCUT2D eigenvalue weighted by molar-refractivity contribution is 8.00. The minimum absolute atomic E-state index is 0.0274. The summed E-state index contributed by atoms with van der Waals surface area (Å²) in [5.74, 6) is 0.903. The molecule has 5 nitrogen and oxygen atoms in total. The molecule has 0 unspecified atom stereocenters. The molecule has 4 rings (SSSR count). The Hall–Kier alpha value is -2.98. The van der Waals surface area contributed by atoms with Crippen LogP contribution in [0.3, 0.4) is 0 Å². The molecular weight excluding hydrogens is 469 g/mol. The van der Waals surface area contributed by atoms with Crippen molar-refractivity contribution < 1.29 is 18.0 Å². The van der Waals surface area contributed by atoms with E-state index in [1.54, 1.807) is 31.2 Å². The van der Waals surface area contributed by atoms with E-state index in [0.29, 0.717) is 11.5 Å². The number of benzene rings is 1. The smallest absolute Gasteiger partial charge is 0.294 e. The van der Waals surface area contributed by atoms with Crippen molar-refractivity contribution in [2.24, 2.45) is 0 Å². The summed E-state index contributed by atoms with van der Waals surface area (Å²) >= 11 is 1.34. The third-order valence-electron chi connectivity index (χ3n) is 4.79. The molecule has 10 heteroatoms. The Morgan fingerprint density at radius 2 is 1.85 bits per heavy atom. The fourth-order valence-electron chi connectivity index (χ4n) is 3.29. The number of thioether (sulfide) groups is 2. The minimum atomic E-state index is -4.38. The molecule has 0 saturated heterocycles. The average Bonchev–Trinajstić information content (AvgIpc) is 3.16. The van der Waals surface area contributed by atoms with Crippen LogP contribution in [-0.2, 0) is 0 Å². The van der Waals surface area contributed by atoms with E-state index in [0.717, 1.165) is 21.9 Å². The molecule has 0 aliphatic carbocycles. The van der Waals surface area contributed by atoms with Crippen LogP contribution in [0, 0.1) is 0 Å². The van der Waals surface area contributed by atoms with Crippen molar-refractivity contribution in [2.75, 3.05) is 17.7 Å². The number of halogens is 3. The number of nitrogens with zero attached hydrogens (tertiary/aromatic N) is 4. The summed E-state index contributed by atoms with van der Waals surface area (Å²) in [6.45, 7) is 2.01. The average molecular weight is 489 g/mol. The van der Waals surface area contributed by atoms with Crippen molar-refractivity contribution in [2.45, 2.75) is 22.4 Å². The zero-order chi connectivity index (χ0) is 23.6. The van der Waals surface area contributed by atoms with Gasteiger partial charge in [-0.25, -0.2) is 4.98 Å². The third-order valence-corrected chi connectivity index (χ3v) is 6.47. The first-order valence-corrected chi connectivity index (χ1v) is 11.8. The van der Waals surface area contributed by atoms with Gasteiger partial charge in [0.25, 0.3) is 5.91 Å². The third kappa shape index (κ3) is 5.17. The predicted octanol–water partition coefficient (Wildman–Crippen LogP) is 6.40. The highest BCUT2D eigenvalue weighted by Crippen LogP contribution is 2.37. The number of carbonyl (C=O) groups is 1. The Balaban J connectivity index is 1.67. The highest BCUT2D eigenvalue weighted by atomic mass is 32.2. The molecule has 0 fully saturated rings. The Morgan fingerprint density at radius 3 is 2.48 bits per heavy atom. The first kappa shape index (κ1) is 23.2. The molecule has 0 aliphatic rings. The van der Waals surface area contributed by atoms with Gasteiger partial charge in [-0.2, -0.15) is 13.2 Å². The van der Waals surface area contributed by atoms with Crippen LogP contribution in [0.1, 0.15) is 17.3 Å². The van der Waals surface area contributed by atoms with Crippen LogP contribution < -0.4 is 4.90 Å². The molecule has 1 aromatic carbocycles. The number of anilines is 1. The fourth-order valence-corrected chi connectivity index (χ4v) is 4.70. The van der Waals surface area contributed by atoms with Crippen LogP contribution in [0.2, 0.25) is 0 Å². The summed E-state index contributed by atoms with van der Waals surface area (Å²) in [5, 5.41) is 0.804. The van der Waals surface area contributed by atoms with E-state index in [2.05, 4.69) is 9.97 Å². The molecule has 4 aromatic rings. The van der Waals surface area contributed by atoms with E-state index < -0.39 is 5.51 Å². The molecule has 0 spiro atoms. The maximum absolute atomic E-state index is 13.1.